The Morgan fingerprint density at radius 1 is 1.17 bits per heavy atom. The summed E-state index contributed by atoms with van der Waals surface area (Å²) in [6.07, 6.45) is 0.850. The van der Waals surface area contributed by atoms with E-state index in [1.807, 2.05) is 28.1 Å². The number of benzene rings is 2. The average molecular weight is 608 g/mol. The first-order chi connectivity index (χ1) is 16.6. The van der Waals surface area contributed by atoms with Crippen molar-refractivity contribution in [2.75, 3.05) is 31.7 Å². The zero-order valence-electron chi connectivity index (χ0n) is 18.8. The molecule has 0 saturated carbocycles. The smallest absolute Gasteiger partial charge is 0.277 e. The van der Waals surface area contributed by atoms with Crippen molar-refractivity contribution in [3.05, 3.63) is 56.4 Å². The SMILES string of the molecule is CC(C)C(=O)NCCO/N=C\c1cc(C(=O)NOCCO)c(Nc2ccc(I)cc2F)c(F)c1F. The zero-order chi connectivity index (χ0) is 26.0. The Morgan fingerprint density at radius 3 is 2.57 bits per heavy atom. The molecule has 0 atom stereocenters. The Labute approximate surface area is 213 Å². The van der Waals surface area contributed by atoms with Gasteiger partial charge in [-0.2, -0.15) is 0 Å². The van der Waals surface area contributed by atoms with Gasteiger partial charge < -0.3 is 20.6 Å². The summed E-state index contributed by atoms with van der Waals surface area (Å²) < 4.78 is 44.6. The number of nitrogens with one attached hydrogen (secondary N) is 3. The Hall–Kier alpha value is -2.91. The average Bonchev–Trinajstić information content (AvgIpc) is 2.81. The van der Waals surface area contributed by atoms with E-state index in [9.17, 15) is 22.8 Å². The highest BCUT2D eigenvalue weighted by atomic mass is 127. The molecule has 2 amide bonds. The van der Waals surface area contributed by atoms with Crippen LogP contribution in [0.2, 0.25) is 0 Å². The quantitative estimate of drug-likeness (QED) is 0.127. The minimum Gasteiger partial charge on any atom is -0.394 e. The molecule has 0 heterocycles. The molecule has 2 aromatic rings. The van der Waals surface area contributed by atoms with Crippen molar-refractivity contribution in [1.82, 2.24) is 10.8 Å². The minimum atomic E-state index is -1.47. The number of rotatable bonds is 12. The second-order valence-corrected chi connectivity index (χ2v) is 8.53. The number of carbonyl (C=O) groups is 2. The Balaban J connectivity index is 2.28. The van der Waals surface area contributed by atoms with Crippen molar-refractivity contribution in [3.8, 4) is 0 Å². The van der Waals surface area contributed by atoms with Crippen molar-refractivity contribution in [2.24, 2.45) is 11.1 Å². The number of aliphatic hydroxyl groups is 1. The van der Waals surface area contributed by atoms with E-state index in [1.54, 1.807) is 13.8 Å². The summed E-state index contributed by atoms with van der Waals surface area (Å²) in [4.78, 5) is 33.7. The van der Waals surface area contributed by atoms with E-state index in [2.05, 4.69) is 15.8 Å². The maximum Gasteiger partial charge on any atom is 0.277 e. The van der Waals surface area contributed by atoms with Crippen LogP contribution in [0, 0.1) is 26.9 Å². The van der Waals surface area contributed by atoms with Crippen LogP contribution in [0.5, 0.6) is 0 Å². The highest BCUT2D eigenvalue weighted by Gasteiger charge is 2.23. The topological polar surface area (TPSA) is 121 Å². The minimum absolute atomic E-state index is 0.0346. The van der Waals surface area contributed by atoms with Crippen LogP contribution in [0.1, 0.15) is 29.8 Å². The van der Waals surface area contributed by atoms with Gasteiger partial charge in [-0.25, -0.2) is 18.7 Å². The van der Waals surface area contributed by atoms with Crippen molar-refractivity contribution in [2.45, 2.75) is 13.8 Å². The molecular formula is C22H24F3IN4O5. The van der Waals surface area contributed by atoms with Gasteiger partial charge in [-0.1, -0.05) is 19.0 Å². The van der Waals surface area contributed by atoms with Crippen LogP contribution in [0.3, 0.4) is 0 Å². The fourth-order valence-electron chi connectivity index (χ4n) is 2.55. The first-order valence-corrected chi connectivity index (χ1v) is 11.4. The molecule has 0 aliphatic heterocycles. The van der Waals surface area contributed by atoms with Gasteiger partial charge in [0.25, 0.3) is 5.91 Å². The molecule has 0 saturated heterocycles. The van der Waals surface area contributed by atoms with Crippen LogP contribution < -0.4 is 16.1 Å². The number of carbonyl (C=O) groups excluding carboxylic acids is 2. The van der Waals surface area contributed by atoms with E-state index in [1.165, 1.54) is 18.2 Å². The lowest BCUT2D eigenvalue weighted by Crippen LogP contribution is -2.30. The number of anilines is 2. The predicted molar refractivity (Wildman–Crippen MR) is 131 cm³/mol. The first kappa shape index (κ1) is 28.3. The first-order valence-electron chi connectivity index (χ1n) is 10.4. The molecule has 0 radical (unpaired) electrons. The molecular weight excluding hydrogens is 584 g/mol. The lowest BCUT2D eigenvalue weighted by Gasteiger charge is -2.15. The maximum absolute atomic E-state index is 15.0. The molecule has 13 heteroatoms. The van der Waals surface area contributed by atoms with Crippen LogP contribution in [-0.4, -0.2) is 49.5 Å². The number of amides is 2. The monoisotopic (exact) mass is 608 g/mol. The van der Waals surface area contributed by atoms with E-state index in [4.69, 9.17) is 14.8 Å². The summed E-state index contributed by atoms with van der Waals surface area (Å²) in [6.45, 7) is 2.90. The van der Waals surface area contributed by atoms with Crippen LogP contribution in [0.15, 0.2) is 29.4 Å². The molecule has 0 aromatic heterocycles. The van der Waals surface area contributed by atoms with Crippen molar-refractivity contribution in [3.63, 3.8) is 0 Å². The number of hydroxylamine groups is 1. The van der Waals surface area contributed by atoms with Crippen LogP contribution in [0.25, 0.3) is 0 Å². The van der Waals surface area contributed by atoms with Gasteiger partial charge in [0.05, 0.1) is 42.9 Å². The third-order valence-corrected chi connectivity index (χ3v) is 4.98. The molecule has 0 spiro atoms. The second kappa shape index (κ2) is 13.8. The highest BCUT2D eigenvalue weighted by Crippen LogP contribution is 2.30. The molecule has 2 aromatic carbocycles. The van der Waals surface area contributed by atoms with Crippen molar-refractivity contribution >= 4 is 52.0 Å². The number of aliphatic hydroxyl groups excluding tert-OH is 1. The van der Waals surface area contributed by atoms with E-state index in [-0.39, 0.29) is 37.3 Å². The summed E-state index contributed by atoms with van der Waals surface area (Å²) in [5, 5.41) is 17.3. The van der Waals surface area contributed by atoms with E-state index < -0.39 is 46.8 Å². The fraction of sp³-hybridized carbons (Fsp3) is 0.318. The third-order valence-electron chi connectivity index (χ3n) is 4.31. The summed E-state index contributed by atoms with van der Waals surface area (Å²) >= 11 is 1.88. The molecule has 35 heavy (non-hydrogen) atoms. The van der Waals surface area contributed by atoms with E-state index >= 15 is 0 Å². The van der Waals surface area contributed by atoms with Gasteiger partial charge in [-0.3, -0.25) is 14.4 Å². The third kappa shape index (κ3) is 8.36. The standard InChI is InChI=1S/C22H24F3IN4O5/c1-12(2)21(32)27-5-7-34-28-11-13-9-15(22(33)30-35-8-6-31)20(19(25)18(13)24)29-17-4-3-14(26)10-16(17)23/h3-4,9-12,29,31H,5-8H2,1-2H3,(H,27,32)(H,30,33)/b28-11-. The van der Waals surface area contributed by atoms with Crippen molar-refractivity contribution in [1.29, 1.82) is 0 Å². The van der Waals surface area contributed by atoms with Gasteiger partial charge in [0.1, 0.15) is 12.4 Å². The van der Waals surface area contributed by atoms with Gasteiger partial charge in [-0.15, -0.1) is 0 Å². The van der Waals surface area contributed by atoms with Crippen LogP contribution >= 0.6 is 22.6 Å². The molecule has 0 bridgehead atoms. The zero-order valence-corrected chi connectivity index (χ0v) is 21.0. The Kier molecular flexibility index (Phi) is 11.2. The Morgan fingerprint density at radius 2 is 1.91 bits per heavy atom. The summed E-state index contributed by atoms with van der Waals surface area (Å²) in [7, 11) is 0. The lowest BCUT2D eigenvalue weighted by atomic mass is 10.1. The molecule has 2 rings (SSSR count). The van der Waals surface area contributed by atoms with Gasteiger partial charge in [0, 0.05) is 15.1 Å². The normalized spacial score (nSPS) is 11.1. The molecule has 0 aliphatic carbocycles. The molecule has 0 fully saturated rings. The summed E-state index contributed by atoms with van der Waals surface area (Å²) in [5.74, 6) is -4.96. The summed E-state index contributed by atoms with van der Waals surface area (Å²) in [6, 6.07) is 4.98. The molecule has 190 valence electrons. The molecule has 0 unspecified atom stereocenters. The number of halogens is 4. The fourth-order valence-corrected chi connectivity index (χ4v) is 3.01. The van der Waals surface area contributed by atoms with Gasteiger partial charge >= 0.3 is 0 Å². The van der Waals surface area contributed by atoms with Gasteiger partial charge in [0.15, 0.2) is 11.6 Å². The summed E-state index contributed by atoms with van der Waals surface area (Å²) in [5.41, 5.74) is 0.298. The van der Waals surface area contributed by atoms with Gasteiger partial charge in [0.2, 0.25) is 5.91 Å². The van der Waals surface area contributed by atoms with Crippen molar-refractivity contribution < 1.29 is 37.5 Å². The van der Waals surface area contributed by atoms with Gasteiger partial charge in [-0.05, 0) is 46.9 Å². The number of oxime groups is 1. The Bertz CT molecular complexity index is 1090. The maximum atomic E-state index is 15.0. The largest absolute Gasteiger partial charge is 0.394 e. The second-order valence-electron chi connectivity index (χ2n) is 7.28. The number of hydrogen-bond acceptors (Lipinski definition) is 7. The molecule has 0 aliphatic rings. The van der Waals surface area contributed by atoms with Crippen LogP contribution in [0.4, 0.5) is 24.5 Å². The van der Waals surface area contributed by atoms with E-state index in [0.29, 0.717) is 3.57 Å². The lowest BCUT2D eigenvalue weighted by molar-refractivity contribution is -0.124. The highest BCUT2D eigenvalue weighted by molar-refractivity contribution is 14.1. The molecule has 4 N–H and O–H groups in total. The van der Waals surface area contributed by atoms with E-state index in [0.717, 1.165) is 12.3 Å². The molecule has 9 nitrogen and oxygen atoms in total. The van der Waals surface area contributed by atoms with Crippen LogP contribution in [-0.2, 0) is 14.5 Å². The predicted octanol–water partition coefficient (Wildman–Crippen LogP) is 3.23. The number of hydrogen-bond donors (Lipinski definition) is 4. The number of nitrogens with zero attached hydrogens (tertiary/aromatic N) is 1.